The van der Waals surface area contributed by atoms with Crippen molar-refractivity contribution in [2.75, 3.05) is 6.54 Å². The first-order valence-electron chi connectivity index (χ1n) is 5.37. The Balaban J connectivity index is 1.89. The summed E-state index contributed by atoms with van der Waals surface area (Å²) in [6.07, 6.45) is 3.50. The van der Waals surface area contributed by atoms with E-state index in [0.717, 1.165) is 0 Å². The van der Waals surface area contributed by atoms with Crippen LogP contribution in [0.5, 0.6) is 0 Å². The number of hydrogen-bond donors (Lipinski definition) is 1. The summed E-state index contributed by atoms with van der Waals surface area (Å²) in [4.78, 5) is 11.8. The highest BCUT2D eigenvalue weighted by atomic mass is 79.9. The van der Waals surface area contributed by atoms with E-state index in [4.69, 9.17) is 0 Å². The fraction of sp³-hybridized carbons (Fsp3) is 0.167. The predicted molar refractivity (Wildman–Crippen MR) is 68.7 cm³/mol. The van der Waals surface area contributed by atoms with Gasteiger partial charge in [0.25, 0.3) is 5.91 Å². The van der Waals surface area contributed by atoms with E-state index in [1.165, 1.54) is 18.2 Å². The minimum Gasteiger partial charge on any atom is -0.350 e. The molecule has 0 fully saturated rings. The van der Waals surface area contributed by atoms with Crippen LogP contribution in [-0.4, -0.2) is 22.2 Å². The Kier molecular flexibility index (Phi) is 4.09. The molecule has 1 heterocycles. The summed E-state index contributed by atoms with van der Waals surface area (Å²) < 4.78 is 15.0. The second-order valence-electron chi connectivity index (χ2n) is 3.65. The van der Waals surface area contributed by atoms with Crippen LogP contribution in [0.25, 0.3) is 0 Å². The number of rotatable bonds is 4. The number of benzene rings is 1. The van der Waals surface area contributed by atoms with Gasteiger partial charge in [0, 0.05) is 24.5 Å². The highest BCUT2D eigenvalue weighted by Crippen LogP contribution is 2.16. The van der Waals surface area contributed by atoms with Gasteiger partial charge < -0.3 is 5.32 Å². The van der Waals surface area contributed by atoms with E-state index >= 15 is 0 Å². The molecule has 0 spiro atoms. The van der Waals surface area contributed by atoms with Gasteiger partial charge in [-0.05, 0) is 40.2 Å². The monoisotopic (exact) mass is 311 g/mol. The maximum Gasteiger partial charge on any atom is 0.251 e. The molecule has 0 unspecified atom stereocenters. The molecule has 2 rings (SSSR count). The van der Waals surface area contributed by atoms with Gasteiger partial charge in [-0.1, -0.05) is 0 Å². The number of halogens is 2. The zero-order chi connectivity index (χ0) is 13.0. The fourth-order valence-electron chi connectivity index (χ4n) is 1.46. The Morgan fingerprint density at radius 3 is 3.00 bits per heavy atom. The second-order valence-corrected chi connectivity index (χ2v) is 4.51. The molecule has 1 amide bonds. The minimum atomic E-state index is -0.386. The van der Waals surface area contributed by atoms with E-state index < -0.39 is 0 Å². The van der Waals surface area contributed by atoms with Crippen LogP contribution in [-0.2, 0) is 6.54 Å². The Hall–Kier alpha value is -1.69. The molecule has 0 bridgehead atoms. The van der Waals surface area contributed by atoms with Crippen molar-refractivity contribution in [3.8, 4) is 0 Å². The van der Waals surface area contributed by atoms with Gasteiger partial charge in [0.2, 0.25) is 0 Å². The molecule has 0 aliphatic heterocycles. The predicted octanol–water partition coefficient (Wildman–Crippen LogP) is 2.21. The normalized spacial score (nSPS) is 10.3. The van der Waals surface area contributed by atoms with Gasteiger partial charge >= 0.3 is 0 Å². The lowest BCUT2D eigenvalue weighted by atomic mass is 10.2. The van der Waals surface area contributed by atoms with Crippen LogP contribution < -0.4 is 5.32 Å². The number of aromatic nitrogens is 2. The molecule has 0 aliphatic carbocycles. The summed E-state index contributed by atoms with van der Waals surface area (Å²) in [6.45, 7) is 1.07. The standard InChI is InChI=1S/C12H11BrFN3O/c13-10-8-9(2-3-11(10)14)12(18)15-5-7-17-6-1-4-16-17/h1-4,6,8H,5,7H2,(H,15,18). The third kappa shape index (κ3) is 3.16. The molecule has 0 saturated heterocycles. The molecule has 1 N–H and O–H groups in total. The lowest BCUT2D eigenvalue weighted by Gasteiger charge is -2.06. The van der Waals surface area contributed by atoms with E-state index in [-0.39, 0.29) is 16.2 Å². The van der Waals surface area contributed by atoms with Crippen LogP contribution in [0.1, 0.15) is 10.4 Å². The first kappa shape index (κ1) is 12.8. The van der Waals surface area contributed by atoms with Crippen molar-refractivity contribution in [1.82, 2.24) is 15.1 Å². The lowest BCUT2D eigenvalue weighted by Crippen LogP contribution is -2.27. The van der Waals surface area contributed by atoms with E-state index in [1.807, 2.05) is 12.3 Å². The van der Waals surface area contributed by atoms with Gasteiger partial charge in [-0.2, -0.15) is 5.10 Å². The topological polar surface area (TPSA) is 46.9 Å². The van der Waals surface area contributed by atoms with Gasteiger partial charge in [0.05, 0.1) is 11.0 Å². The summed E-state index contributed by atoms with van der Waals surface area (Å²) in [6, 6.07) is 5.98. The van der Waals surface area contributed by atoms with Crippen molar-refractivity contribution < 1.29 is 9.18 Å². The molecule has 0 aliphatic rings. The fourth-order valence-corrected chi connectivity index (χ4v) is 1.83. The molecule has 4 nitrogen and oxygen atoms in total. The first-order valence-corrected chi connectivity index (χ1v) is 6.17. The number of hydrogen-bond acceptors (Lipinski definition) is 2. The Morgan fingerprint density at radius 2 is 2.33 bits per heavy atom. The van der Waals surface area contributed by atoms with Crippen LogP contribution in [0, 0.1) is 5.82 Å². The molecular formula is C12H11BrFN3O. The first-order chi connectivity index (χ1) is 8.66. The number of carbonyl (C=O) groups is 1. The highest BCUT2D eigenvalue weighted by molar-refractivity contribution is 9.10. The lowest BCUT2D eigenvalue weighted by molar-refractivity contribution is 0.0952. The van der Waals surface area contributed by atoms with Crippen LogP contribution in [0.3, 0.4) is 0 Å². The molecule has 1 aromatic carbocycles. The summed E-state index contributed by atoms with van der Waals surface area (Å²) in [5, 5.41) is 6.76. The molecule has 1 aromatic heterocycles. The maximum absolute atomic E-state index is 13.0. The Morgan fingerprint density at radius 1 is 1.50 bits per heavy atom. The van der Waals surface area contributed by atoms with E-state index in [2.05, 4.69) is 26.3 Å². The quantitative estimate of drug-likeness (QED) is 0.941. The maximum atomic E-state index is 13.0. The highest BCUT2D eigenvalue weighted by Gasteiger charge is 2.07. The molecule has 94 valence electrons. The van der Waals surface area contributed by atoms with Crippen molar-refractivity contribution in [3.05, 3.63) is 52.5 Å². The van der Waals surface area contributed by atoms with Crippen LogP contribution in [0.15, 0.2) is 41.1 Å². The summed E-state index contributed by atoms with van der Waals surface area (Å²) in [5.74, 6) is -0.619. The van der Waals surface area contributed by atoms with Gasteiger partial charge in [0.15, 0.2) is 0 Å². The van der Waals surface area contributed by atoms with Gasteiger partial charge in [-0.3, -0.25) is 9.48 Å². The number of carbonyl (C=O) groups excluding carboxylic acids is 1. The third-order valence-electron chi connectivity index (χ3n) is 2.37. The Labute approximate surface area is 112 Å². The van der Waals surface area contributed by atoms with Crippen molar-refractivity contribution in [3.63, 3.8) is 0 Å². The van der Waals surface area contributed by atoms with E-state index in [9.17, 15) is 9.18 Å². The Bertz CT molecular complexity index is 542. The van der Waals surface area contributed by atoms with Crippen molar-refractivity contribution in [1.29, 1.82) is 0 Å². The molecule has 6 heteroatoms. The second kappa shape index (κ2) is 5.77. The zero-order valence-corrected chi connectivity index (χ0v) is 11.0. The SMILES string of the molecule is O=C(NCCn1cccn1)c1ccc(F)c(Br)c1. The average Bonchev–Trinajstić information content (AvgIpc) is 2.85. The summed E-state index contributed by atoms with van der Waals surface area (Å²) in [7, 11) is 0. The van der Waals surface area contributed by atoms with Crippen LogP contribution >= 0.6 is 15.9 Å². The molecule has 18 heavy (non-hydrogen) atoms. The van der Waals surface area contributed by atoms with Crippen LogP contribution in [0.4, 0.5) is 4.39 Å². The minimum absolute atomic E-state index is 0.233. The van der Waals surface area contributed by atoms with E-state index in [1.54, 1.807) is 10.9 Å². The summed E-state index contributed by atoms with van der Waals surface area (Å²) in [5.41, 5.74) is 0.420. The molecule has 0 saturated carbocycles. The smallest absolute Gasteiger partial charge is 0.251 e. The van der Waals surface area contributed by atoms with E-state index in [0.29, 0.717) is 18.7 Å². The van der Waals surface area contributed by atoms with Crippen molar-refractivity contribution >= 4 is 21.8 Å². The number of nitrogens with zero attached hydrogens (tertiary/aromatic N) is 2. The van der Waals surface area contributed by atoms with Crippen molar-refractivity contribution in [2.45, 2.75) is 6.54 Å². The number of amides is 1. The largest absolute Gasteiger partial charge is 0.350 e. The molecule has 0 radical (unpaired) electrons. The van der Waals surface area contributed by atoms with Gasteiger partial charge in [-0.15, -0.1) is 0 Å². The number of nitrogens with one attached hydrogen (secondary N) is 1. The third-order valence-corrected chi connectivity index (χ3v) is 2.98. The molecule has 0 atom stereocenters. The molecular weight excluding hydrogens is 301 g/mol. The zero-order valence-electron chi connectivity index (χ0n) is 9.44. The summed E-state index contributed by atoms with van der Waals surface area (Å²) >= 11 is 3.04. The van der Waals surface area contributed by atoms with Crippen molar-refractivity contribution in [2.24, 2.45) is 0 Å². The molecule has 2 aromatic rings. The van der Waals surface area contributed by atoms with Gasteiger partial charge in [0.1, 0.15) is 5.82 Å². The average molecular weight is 312 g/mol. The van der Waals surface area contributed by atoms with Gasteiger partial charge in [-0.25, -0.2) is 4.39 Å². The van der Waals surface area contributed by atoms with Crippen LogP contribution in [0.2, 0.25) is 0 Å².